The highest BCUT2D eigenvalue weighted by Crippen LogP contribution is 2.23. The van der Waals surface area contributed by atoms with Gasteiger partial charge in [0.1, 0.15) is 5.75 Å². The number of nitrogens with zero attached hydrogens (tertiary/aromatic N) is 2. The molecule has 1 saturated heterocycles. The maximum atomic E-state index is 12.6. The summed E-state index contributed by atoms with van der Waals surface area (Å²) in [4.78, 5) is 16.9. The second kappa shape index (κ2) is 10.4. The molecule has 0 aliphatic carbocycles. The third-order valence-corrected chi connectivity index (χ3v) is 6.42. The molecule has 1 atom stereocenters. The maximum absolute atomic E-state index is 12.6. The zero-order valence-electron chi connectivity index (χ0n) is 17.3. The first-order valence-corrected chi connectivity index (χ1v) is 12.5. The van der Waals surface area contributed by atoms with Crippen LogP contribution >= 0.6 is 0 Å². The summed E-state index contributed by atoms with van der Waals surface area (Å²) in [5, 5.41) is 0. The van der Waals surface area contributed by atoms with Crippen molar-refractivity contribution in [1.82, 2.24) is 14.5 Å². The molecule has 0 radical (unpaired) electrons. The highest BCUT2D eigenvalue weighted by atomic mass is 32.2. The van der Waals surface area contributed by atoms with Gasteiger partial charge in [-0.3, -0.25) is 9.69 Å². The van der Waals surface area contributed by atoms with Crippen molar-refractivity contribution < 1.29 is 17.9 Å². The Hall–Kier alpha value is -1.64. The van der Waals surface area contributed by atoms with E-state index in [0.29, 0.717) is 32.2 Å². The Morgan fingerprint density at radius 1 is 1.14 bits per heavy atom. The summed E-state index contributed by atoms with van der Waals surface area (Å²) in [6.07, 6.45) is 7.56. The minimum absolute atomic E-state index is 0.182. The lowest BCUT2D eigenvalue weighted by atomic mass is 9.95. The van der Waals surface area contributed by atoms with E-state index < -0.39 is 10.0 Å². The van der Waals surface area contributed by atoms with Gasteiger partial charge in [0.25, 0.3) is 0 Å². The number of ether oxygens (including phenoxy) is 1. The van der Waals surface area contributed by atoms with Crippen molar-refractivity contribution in [3.8, 4) is 5.75 Å². The molecule has 0 saturated carbocycles. The average Bonchev–Trinajstić information content (AvgIpc) is 2.70. The van der Waals surface area contributed by atoms with E-state index in [1.807, 2.05) is 12.1 Å². The van der Waals surface area contributed by atoms with Crippen LogP contribution in [0.5, 0.6) is 5.75 Å². The van der Waals surface area contributed by atoms with E-state index in [1.165, 1.54) is 24.8 Å². The molecule has 1 aromatic carbocycles. The minimum atomic E-state index is -3.39. The molecule has 0 aromatic heterocycles. The first kappa shape index (κ1) is 22.1. The third kappa shape index (κ3) is 7.28. The zero-order valence-corrected chi connectivity index (χ0v) is 18.1. The second-order valence-corrected chi connectivity index (χ2v) is 9.88. The van der Waals surface area contributed by atoms with Crippen molar-refractivity contribution in [1.29, 1.82) is 0 Å². The highest BCUT2D eigenvalue weighted by molar-refractivity contribution is 7.88. The lowest BCUT2D eigenvalue weighted by molar-refractivity contribution is -0.130. The quantitative estimate of drug-likeness (QED) is 0.800. The second-order valence-electron chi connectivity index (χ2n) is 8.05. The van der Waals surface area contributed by atoms with Gasteiger partial charge in [-0.15, -0.1) is 0 Å². The van der Waals surface area contributed by atoms with Crippen LogP contribution in [0, 0.1) is 0 Å². The predicted octanol–water partition coefficient (Wildman–Crippen LogP) is 1.63. The van der Waals surface area contributed by atoms with Crippen molar-refractivity contribution in [3.05, 3.63) is 29.8 Å². The number of carbonyl (C=O) groups is 1. The van der Waals surface area contributed by atoms with E-state index in [1.54, 1.807) is 4.90 Å². The van der Waals surface area contributed by atoms with Crippen molar-refractivity contribution in [2.75, 3.05) is 45.6 Å². The lowest BCUT2D eigenvalue weighted by Gasteiger charge is -2.37. The van der Waals surface area contributed by atoms with Crippen LogP contribution in [0.25, 0.3) is 0 Å². The number of piperidine rings is 1. The molecule has 8 heteroatoms. The molecule has 2 heterocycles. The summed E-state index contributed by atoms with van der Waals surface area (Å²) in [5.74, 6) is 0.690. The highest BCUT2D eigenvalue weighted by Gasteiger charge is 2.24. The smallest absolute Gasteiger partial charge is 0.237 e. The van der Waals surface area contributed by atoms with Crippen LogP contribution in [0.1, 0.15) is 37.7 Å². The lowest BCUT2D eigenvalue weighted by Crippen LogP contribution is -2.47. The molecule has 1 aromatic rings. The summed E-state index contributed by atoms with van der Waals surface area (Å²) in [6.45, 7) is 3.41. The van der Waals surface area contributed by atoms with Gasteiger partial charge in [-0.25, -0.2) is 13.1 Å². The van der Waals surface area contributed by atoms with Gasteiger partial charge in [-0.05, 0) is 56.3 Å². The van der Waals surface area contributed by atoms with Crippen LogP contribution in [0.3, 0.4) is 0 Å². The van der Waals surface area contributed by atoms with Crippen LogP contribution in [-0.2, 0) is 21.2 Å². The molecule has 0 spiro atoms. The number of benzene rings is 1. The molecule has 29 heavy (non-hydrogen) atoms. The van der Waals surface area contributed by atoms with Crippen LogP contribution in [0.2, 0.25) is 0 Å². The number of nitrogens with one attached hydrogen (secondary N) is 1. The monoisotopic (exact) mass is 423 g/mol. The Morgan fingerprint density at radius 3 is 2.83 bits per heavy atom. The molecule has 1 fully saturated rings. The largest absolute Gasteiger partial charge is 0.494 e. The predicted molar refractivity (Wildman–Crippen MR) is 114 cm³/mol. The molecule has 2 bridgehead atoms. The zero-order chi connectivity index (χ0) is 20.7. The van der Waals surface area contributed by atoms with Crippen molar-refractivity contribution in [2.24, 2.45) is 0 Å². The number of hydrogen-bond acceptors (Lipinski definition) is 5. The summed E-state index contributed by atoms with van der Waals surface area (Å²) in [5.41, 5.74) is 1.31. The molecule has 162 valence electrons. The van der Waals surface area contributed by atoms with Gasteiger partial charge in [0.15, 0.2) is 0 Å². The minimum Gasteiger partial charge on any atom is -0.494 e. The van der Waals surface area contributed by atoms with E-state index >= 15 is 0 Å². The fraction of sp³-hybridized carbons (Fsp3) is 0.667. The normalized spacial score (nSPS) is 22.2. The average molecular weight is 424 g/mol. The maximum Gasteiger partial charge on any atom is 0.237 e. The van der Waals surface area contributed by atoms with Gasteiger partial charge in [0.05, 0.1) is 19.4 Å². The van der Waals surface area contributed by atoms with E-state index in [4.69, 9.17) is 4.74 Å². The van der Waals surface area contributed by atoms with Crippen LogP contribution in [0.4, 0.5) is 0 Å². The van der Waals surface area contributed by atoms with Crippen LogP contribution < -0.4 is 9.46 Å². The van der Waals surface area contributed by atoms with Gasteiger partial charge in [-0.1, -0.05) is 18.6 Å². The van der Waals surface area contributed by atoms with Crippen molar-refractivity contribution >= 4 is 15.9 Å². The number of sulfonamides is 1. The van der Waals surface area contributed by atoms with Gasteiger partial charge >= 0.3 is 0 Å². The number of amides is 1. The number of fused-ring (bicyclic) bond motifs is 3. The molecule has 1 unspecified atom stereocenters. The third-order valence-electron chi connectivity index (χ3n) is 5.75. The number of aryl methyl sites for hydroxylation is 1. The molecule has 1 amide bonds. The molecule has 1 N–H and O–H groups in total. The van der Waals surface area contributed by atoms with Gasteiger partial charge in [0.2, 0.25) is 15.9 Å². The van der Waals surface area contributed by atoms with Crippen LogP contribution in [0.15, 0.2) is 24.3 Å². The fourth-order valence-electron chi connectivity index (χ4n) is 4.17. The number of rotatable bonds is 3. The Morgan fingerprint density at radius 2 is 2.00 bits per heavy atom. The summed E-state index contributed by atoms with van der Waals surface area (Å²) in [6, 6.07) is 8.84. The Kier molecular flexibility index (Phi) is 7.91. The molecule has 2 aliphatic rings. The number of hydrogen-bond donors (Lipinski definition) is 1. The van der Waals surface area contributed by atoms with Crippen LogP contribution in [-0.4, -0.2) is 75.8 Å². The molecule has 2 aliphatic heterocycles. The van der Waals surface area contributed by atoms with Gasteiger partial charge < -0.3 is 9.64 Å². The standard InChI is InChI=1S/C21H33N3O4S/c1-29(26,27)22-17-21(25)24-12-5-15-28-20-8-4-6-18(16-20)9-10-19-7-2-3-11-23(19)13-14-24/h4,6,8,16,19,22H,2-3,5,7,9-15,17H2,1H3. The number of carbonyl (C=O) groups excluding carboxylic acids is 1. The Bertz CT molecular complexity index is 784. The fourth-order valence-corrected chi connectivity index (χ4v) is 4.55. The first-order chi connectivity index (χ1) is 13.9. The summed E-state index contributed by atoms with van der Waals surface area (Å²) >= 11 is 0. The van der Waals surface area contributed by atoms with E-state index in [0.717, 1.165) is 37.9 Å². The molecular formula is C21H33N3O4S. The molecule has 7 nitrogen and oxygen atoms in total. The van der Waals surface area contributed by atoms with Crippen molar-refractivity contribution in [3.63, 3.8) is 0 Å². The summed E-state index contributed by atoms with van der Waals surface area (Å²) < 4.78 is 30.9. The summed E-state index contributed by atoms with van der Waals surface area (Å²) in [7, 11) is -3.39. The van der Waals surface area contributed by atoms with E-state index in [2.05, 4.69) is 21.8 Å². The topological polar surface area (TPSA) is 79.0 Å². The van der Waals surface area contributed by atoms with Gasteiger partial charge in [-0.2, -0.15) is 0 Å². The molecule has 3 rings (SSSR count). The first-order valence-electron chi connectivity index (χ1n) is 10.6. The Labute approximate surface area is 174 Å². The van der Waals surface area contributed by atoms with E-state index in [9.17, 15) is 13.2 Å². The Balaban J connectivity index is 1.70. The van der Waals surface area contributed by atoms with Gasteiger partial charge in [0, 0.05) is 25.7 Å². The SMILES string of the molecule is CS(=O)(=O)NCC(=O)N1CCCOc2cccc(c2)CCC2CCCCN2CC1. The van der Waals surface area contributed by atoms with E-state index in [-0.39, 0.29) is 12.5 Å². The molecular weight excluding hydrogens is 390 g/mol. The van der Waals surface area contributed by atoms with Crippen molar-refractivity contribution in [2.45, 2.75) is 44.6 Å².